The summed E-state index contributed by atoms with van der Waals surface area (Å²) in [4.78, 5) is 114. The van der Waals surface area contributed by atoms with E-state index in [4.69, 9.17) is 11.5 Å². The number of nitrogens with zero attached hydrogens (tertiary/aromatic N) is 1. The molecule has 0 unspecified atom stereocenters. The van der Waals surface area contributed by atoms with Gasteiger partial charge >= 0.3 is 5.97 Å². The van der Waals surface area contributed by atoms with Gasteiger partial charge in [-0.05, 0) is 58.9 Å². The smallest absolute Gasteiger partial charge is 0.305 e. The Kier molecular flexibility index (Phi) is 20.2. The number of aromatic amines is 1. The van der Waals surface area contributed by atoms with Crippen molar-refractivity contribution in [2.24, 2.45) is 22.3 Å². The summed E-state index contributed by atoms with van der Waals surface area (Å²) in [5.74, 6) is -6.50. The van der Waals surface area contributed by atoms with Gasteiger partial charge in [0.05, 0.1) is 18.8 Å². The van der Waals surface area contributed by atoms with Crippen LogP contribution in [0, 0.1) is 10.8 Å². The van der Waals surface area contributed by atoms with Crippen LogP contribution in [0.3, 0.4) is 0 Å². The lowest BCUT2D eigenvalue weighted by atomic mass is 9.83. The van der Waals surface area contributed by atoms with Gasteiger partial charge in [0.25, 0.3) is 0 Å². The first-order valence-electron chi connectivity index (χ1n) is 21.3. The van der Waals surface area contributed by atoms with Gasteiger partial charge in [0, 0.05) is 24.7 Å². The summed E-state index contributed by atoms with van der Waals surface area (Å²) in [6.07, 6.45) is 4.03. The number of carbonyl (C=O) groups excluding carboxylic acids is 7. The van der Waals surface area contributed by atoms with E-state index in [-0.39, 0.29) is 31.4 Å². The molecule has 0 aliphatic heterocycles. The summed E-state index contributed by atoms with van der Waals surface area (Å²) in [5, 5.41) is 34.8. The fourth-order valence-electron chi connectivity index (χ4n) is 6.66. The number of amides is 7. The number of hydrogen-bond donors (Lipinski definition) is 11. The van der Waals surface area contributed by atoms with Gasteiger partial charge in [-0.1, -0.05) is 84.0 Å². The highest BCUT2D eigenvalue weighted by molar-refractivity contribution is 7.98. The molecule has 3 rings (SSSR count). The number of thioether (sulfide) groups is 1. The van der Waals surface area contributed by atoms with E-state index in [1.54, 1.807) is 84.0 Å². The summed E-state index contributed by atoms with van der Waals surface area (Å²) in [7, 11) is 0. The van der Waals surface area contributed by atoms with Gasteiger partial charge in [0.2, 0.25) is 41.4 Å². The standard InChI is InChI=1S/C45H64N10O10S/c1-44(2,3)35(42(64)51-31(37(47)59)22-34(57)58)55-43(65)36(45(4,5)6)54-41(63)33(21-27-23-48-24-49-27)53-40(62)32(20-25-11-9-8-10-12-25)52-39(61)30(17-18-66-7)50-38(60)29(46)19-26-13-15-28(56)16-14-26/h8-16,23-24,29-33,35-36,56H,17-22,46H2,1-7H3,(H2,47,59)(H,48,49)(H,50,60)(H,51,64)(H,52,61)(H,53,62)(H,54,63)(H,55,65)(H,57,58)/t29-,30+,31-,32-,33-,35+,36+/m0/s1. The minimum atomic E-state index is -1.57. The maximum atomic E-state index is 14.4. The predicted octanol–water partition coefficient (Wildman–Crippen LogP) is 0.185. The van der Waals surface area contributed by atoms with Crippen LogP contribution in [-0.4, -0.2) is 122 Å². The highest BCUT2D eigenvalue weighted by Crippen LogP contribution is 2.24. The van der Waals surface area contributed by atoms with E-state index < -0.39 is 107 Å². The van der Waals surface area contributed by atoms with Crippen LogP contribution >= 0.6 is 11.8 Å². The molecule has 0 radical (unpaired) electrons. The van der Waals surface area contributed by atoms with E-state index in [0.717, 1.165) is 0 Å². The molecule has 13 N–H and O–H groups in total. The molecule has 7 atom stereocenters. The van der Waals surface area contributed by atoms with Crippen LogP contribution in [-0.2, 0) is 57.6 Å². The van der Waals surface area contributed by atoms with Crippen molar-refractivity contribution >= 4 is 59.1 Å². The van der Waals surface area contributed by atoms with Crippen molar-refractivity contribution in [1.82, 2.24) is 41.9 Å². The number of phenols is 1. The second-order valence-corrected chi connectivity index (χ2v) is 19.1. The second-order valence-electron chi connectivity index (χ2n) is 18.1. The molecule has 2 aromatic carbocycles. The van der Waals surface area contributed by atoms with E-state index >= 15 is 0 Å². The molecule has 20 nitrogen and oxygen atoms in total. The number of carboxylic acid groups (broad SMARTS) is 1. The molecule has 1 aromatic heterocycles. The summed E-state index contributed by atoms with van der Waals surface area (Å²) in [6.45, 7) is 9.90. The number of aliphatic carboxylic acids is 1. The van der Waals surface area contributed by atoms with Crippen LogP contribution in [0.4, 0.5) is 0 Å². The highest BCUT2D eigenvalue weighted by Gasteiger charge is 2.41. The number of aromatic hydroxyl groups is 1. The van der Waals surface area contributed by atoms with Gasteiger partial charge in [0.15, 0.2) is 0 Å². The number of carbonyl (C=O) groups is 8. The fraction of sp³-hybridized carbons (Fsp3) is 0.489. The van der Waals surface area contributed by atoms with Crippen molar-refractivity contribution in [1.29, 1.82) is 0 Å². The maximum Gasteiger partial charge on any atom is 0.305 e. The van der Waals surface area contributed by atoms with Crippen LogP contribution in [0.25, 0.3) is 0 Å². The van der Waals surface area contributed by atoms with Gasteiger partial charge in [-0.2, -0.15) is 11.8 Å². The molecule has 3 aromatic rings. The number of carboxylic acids is 1. The number of nitrogens with two attached hydrogens (primary N) is 2. The number of imidazole rings is 1. The average Bonchev–Trinajstić information content (AvgIpc) is 3.75. The first-order valence-corrected chi connectivity index (χ1v) is 22.7. The summed E-state index contributed by atoms with van der Waals surface area (Å²) in [5.41, 5.74) is 11.4. The molecule has 0 aliphatic rings. The Morgan fingerprint density at radius 3 is 1.65 bits per heavy atom. The summed E-state index contributed by atoms with van der Waals surface area (Å²) >= 11 is 1.44. The molecule has 0 fully saturated rings. The van der Waals surface area contributed by atoms with Crippen molar-refractivity contribution < 1.29 is 48.6 Å². The lowest BCUT2D eigenvalue weighted by Crippen LogP contribution is -2.64. The number of benzene rings is 2. The third-order valence-electron chi connectivity index (χ3n) is 10.4. The average molecular weight is 937 g/mol. The third kappa shape index (κ3) is 17.5. The third-order valence-corrected chi connectivity index (χ3v) is 11.0. The Hall–Kier alpha value is -6.48. The van der Waals surface area contributed by atoms with Crippen molar-refractivity contribution in [2.45, 2.75) is 116 Å². The first kappa shape index (κ1) is 53.9. The number of nitrogens with one attached hydrogen (secondary N) is 7. The Morgan fingerprint density at radius 2 is 1.14 bits per heavy atom. The van der Waals surface area contributed by atoms with Crippen molar-refractivity contribution in [3.63, 3.8) is 0 Å². The lowest BCUT2D eigenvalue weighted by molar-refractivity contribution is -0.141. The minimum absolute atomic E-state index is 0.0211. The molecule has 0 aliphatic carbocycles. The molecule has 0 spiro atoms. The number of aromatic nitrogens is 2. The zero-order chi connectivity index (χ0) is 49.4. The summed E-state index contributed by atoms with van der Waals surface area (Å²) < 4.78 is 0. The number of phenolic OH excluding ortho intramolecular Hbond substituents is 1. The Bertz CT molecular complexity index is 2130. The van der Waals surface area contributed by atoms with Gasteiger partial charge < -0.3 is 58.6 Å². The van der Waals surface area contributed by atoms with E-state index in [1.165, 1.54) is 36.4 Å². The Labute approximate surface area is 388 Å². The van der Waals surface area contributed by atoms with Crippen LogP contribution in [0.2, 0.25) is 0 Å². The highest BCUT2D eigenvalue weighted by atomic mass is 32.2. The number of hydrogen-bond acceptors (Lipinski definition) is 12. The van der Waals surface area contributed by atoms with Crippen LogP contribution < -0.4 is 43.4 Å². The van der Waals surface area contributed by atoms with Gasteiger partial charge in [0.1, 0.15) is 42.0 Å². The topological polar surface area (TPSA) is 330 Å². The van der Waals surface area contributed by atoms with Crippen molar-refractivity contribution in [3.8, 4) is 5.75 Å². The molecule has 7 amide bonds. The first-order chi connectivity index (χ1) is 30.9. The van der Waals surface area contributed by atoms with Crippen molar-refractivity contribution in [2.75, 3.05) is 12.0 Å². The van der Waals surface area contributed by atoms with Gasteiger partial charge in [-0.3, -0.25) is 38.4 Å². The molecular weight excluding hydrogens is 873 g/mol. The van der Waals surface area contributed by atoms with E-state index in [1.807, 2.05) is 6.26 Å². The predicted molar refractivity (Wildman–Crippen MR) is 247 cm³/mol. The molecule has 21 heteroatoms. The summed E-state index contributed by atoms with van der Waals surface area (Å²) in [6, 6.07) is 5.97. The number of H-pyrrole nitrogens is 1. The van der Waals surface area contributed by atoms with Crippen LogP contribution in [0.5, 0.6) is 5.75 Å². The quantitative estimate of drug-likeness (QED) is 0.0572. The fourth-order valence-corrected chi connectivity index (χ4v) is 7.13. The number of primary amides is 1. The minimum Gasteiger partial charge on any atom is -0.508 e. The Morgan fingerprint density at radius 1 is 0.652 bits per heavy atom. The molecule has 1 heterocycles. The van der Waals surface area contributed by atoms with Crippen molar-refractivity contribution in [3.05, 3.63) is 83.9 Å². The van der Waals surface area contributed by atoms with Gasteiger partial charge in [-0.25, -0.2) is 4.98 Å². The largest absolute Gasteiger partial charge is 0.508 e. The molecule has 360 valence electrons. The molecule has 0 saturated heterocycles. The van der Waals surface area contributed by atoms with E-state index in [9.17, 15) is 48.6 Å². The normalized spacial score (nSPS) is 14.7. The molecule has 0 bridgehead atoms. The van der Waals surface area contributed by atoms with E-state index in [2.05, 4.69) is 41.9 Å². The zero-order valence-corrected chi connectivity index (χ0v) is 39.1. The molecular formula is C45H64N10O10S. The van der Waals surface area contributed by atoms with Gasteiger partial charge in [-0.15, -0.1) is 0 Å². The zero-order valence-electron chi connectivity index (χ0n) is 38.3. The van der Waals surface area contributed by atoms with E-state index in [0.29, 0.717) is 22.6 Å². The number of rotatable bonds is 24. The molecule has 66 heavy (non-hydrogen) atoms. The second kappa shape index (κ2) is 24.7. The monoisotopic (exact) mass is 936 g/mol. The lowest BCUT2D eigenvalue weighted by Gasteiger charge is -2.36. The maximum absolute atomic E-state index is 14.4. The Balaban J connectivity index is 1.92. The molecule has 0 saturated carbocycles. The van der Waals surface area contributed by atoms with Crippen LogP contribution in [0.15, 0.2) is 67.1 Å². The SMILES string of the molecule is CSCC[C@@H](NC(=O)[C@@H](N)Cc1ccc(O)cc1)C(=O)N[C@@H](Cc1ccccc1)C(=O)N[C@@H](Cc1cnc[nH]1)C(=O)N[C@H](C(=O)N[C@H](C(=O)N[C@@H](CC(=O)O)C(N)=O)C(C)(C)C)C(C)(C)C. The van der Waals surface area contributed by atoms with Crippen LogP contribution in [0.1, 0.15) is 71.2 Å².